The summed E-state index contributed by atoms with van der Waals surface area (Å²) in [7, 11) is -3.67. The van der Waals surface area contributed by atoms with Crippen LogP contribution in [0.15, 0.2) is 59.5 Å². The predicted octanol–water partition coefficient (Wildman–Crippen LogP) is 2.30. The van der Waals surface area contributed by atoms with E-state index in [1.54, 1.807) is 0 Å². The van der Waals surface area contributed by atoms with Crippen molar-refractivity contribution in [2.75, 3.05) is 0 Å². The van der Waals surface area contributed by atoms with Crippen LogP contribution in [0, 0.1) is 5.82 Å². The van der Waals surface area contributed by atoms with E-state index in [0.29, 0.717) is 0 Å². The van der Waals surface area contributed by atoms with Crippen LogP contribution in [0.5, 0.6) is 0 Å². The van der Waals surface area contributed by atoms with Crippen molar-refractivity contribution in [2.24, 2.45) is 0 Å². The number of hydrogen-bond donors (Lipinski definition) is 1. The third-order valence-corrected chi connectivity index (χ3v) is 3.81. The minimum absolute atomic E-state index is 0.0709. The summed E-state index contributed by atoms with van der Waals surface area (Å²) in [6, 6.07) is 14.1. The Labute approximate surface area is 105 Å². The quantitative estimate of drug-likeness (QED) is 0.922. The Morgan fingerprint density at radius 3 is 2.39 bits per heavy atom. The monoisotopic (exact) mass is 265 g/mol. The maximum Gasteiger partial charge on any atom is 0.240 e. The van der Waals surface area contributed by atoms with Gasteiger partial charge in [0, 0.05) is 6.54 Å². The van der Waals surface area contributed by atoms with Gasteiger partial charge in [-0.05, 0) is 23.8 Å². The van der Waals surface area contributed by atoms with Gasteiger partial charge in [-0.15, -0.1) is 0 Å². The first-order valence-electron chi connectivity index (χ1n) is 5.37. The minimum atomic E-state index is -3.67. The third kappa shape index (κ3) is 3.15. The van der Waals surface area contributed by atoms with Crippen molar-refractivity contribution in [1.82, 2.24) is 4.72 Å². The maximum atomic E-state index is 13.0. The lowest BCUT2D eigenvalue weighted by Crippen LogP contribution is -2.23. The molecule has 0 aromatic heterocycles. The summed E-state index contributed by atoms with van der Waals surface area (Å²) >= 11 is 0. The van der Waals surface area contributed by atoms with Crippen molar-refractivity contribution in [1.29, 1.82) is 0 Å². The van der Waals surface area contributed by atoms with Gasteiger partial charge in [0.15, 0.2) is 0 Å². The van der Waals surface area contributed by atoms with Crippen LogP contribution in [0.4, 0.5) is 4.39 Å². The molecule has 94 valence electrons. The Kier molecular flexibility index (Phi) is 3.74. The summed E-state index contributed by atoms with van der Waals surface area (Å²) in [6.45, 7) is 0.180. The summed E-state index contributed by atoms with van der Waals surface area (Å²) < 4.78 is 39.2. The van der Waals surface area contributed by atoms with Gasteiger partial charge in [-0.2, -0.15) is 0 Å². The van der Waals surface area contributed by atoms with Crippen LogP contribution in [0.25, 0.3) is 0 Å². The van der Waals surface area contributed by atoms with E-state index >= 15 is 0 Å². The molecule has 0 aliphatic rings. The second kappa shape index (κ2) is 5.29. The summed E-state index contributed by atoms with van der Waals surface area (Å²) in [6.07, 6.45) is 0. The highest BCUT2D eigenvalue weighted by Crippen LogP contribution is 2.11. The van der Waals surface area contributed by atoms with E-state index in [0.717, 1.165) is 11.6 Å². The molecule has 0 heterocycles. The molecule has 0 saturated carbocycles. The molecule has 0 atom stereocenters. The highest BCUT2D eigenvalue weighted by atomic mass is 32.2. The zero-order valence-electron chi connectivity index (χ0n) is 9.51. The molecule has 18 heavy (non-hydrogen) atoms. The first kappa shape index (κ1) is 12.7. The molecule has 2 aromatic carbocycles. The van der Waals surface area contributed by atoms with E-state index in [4.69, 9.17) is 0 Å². The molecule has 0 spiro atoms. The van der Waals surface area contributed by atoms with Crippen molar-refractivity contribution in [3.8, 4) is 0 Å². The van der Waals surface area contributed by atoms with Crippen LogP contribution < -0.4 is 4.72 Å². The fourth-order valence-corrected chi connectivity index (χ4v) is 2.54. The van der Waals surface area contributed by atoms with E-state index < -0.39 is 15.8 Å². The highest BCUT2D eigenvalue weighted by Gasteiger charge is 2.13. The van der Waals surface area contributed by atoms with Gasteiger partial charge in [0.05, 0.1) is 4.90 Å². The number of rotatable bonds is 4. The van der Waals surface area contributed by atoms with Gasteiger partial charge < -0.3 is 0 Å². The normalized spacial score (nSPS) is 11.4. The van der Waals surface area contributed by atoms with Gasteiger partial charge >= 0.3 is 0 Å². The Bertz CT molecular complexity index is 626. The van der Waals surface area contributed by atoms with Crippen molar-refractivity contribution >= 4 is 10.0 Å². The molecule has 0 unspecified atom stereocenters. The van der Waals surface area contributed by atoms with Gasteiger partial charge in [-0.1, -0.05) is 36.4 Å². The smallest absolute Gasteiger partial charge is 0.207 e. The lowest BCUT2D eigenvalue weighted by atomic mass is 10.2. The number of sulfonamides is 1. The maximum absolute atomic E-state index is 13.0. The van der Waals surface area contributed by atoms with Crippen LogP contribution in [-0.2, 0) is 16.6 Å². The van der Waals surface area contributed by atoms with E-state index in [1.807, 2.05) is 30.3 Å². The van der Waals surface area contributed by atoms with Crippen molar-refractivity contribution in [3.05, 3.63) is 66.0 Å². The Balaban J connectivity index is 2.13. The molecule has 0 aliphatic carbocycles. The highest BCUT2D eigenvalue weighted by molar-refractivity contribution is 7.89. The van der Waals surface area contributed by atoms with Gasteiger partial charge in [0.1, 0.15) is 5.82 Å². The Hall–Kier alpha value is -1.72. The van der Waals surface area contributed by atoms with E-state index in [9.17, 15) is 12.8 Å². The molecule has 0 amide bonds. The molecule has 1 N–H and O–H groups in total. The molecule has 0 bridgehead atoms. The summed E-state index contributed by atoms with van der Waals surface area (Å²) in [5.41, 5.74) is 0.845. The molecular formula is C13H12FNO2S. The fraction of sp³-hybridized carbons (Fsp3) is 0.0769. The molecule has 0 fully saturated rings. The molecule has 2 aromatic rings. The lowest BCUT2D eigenvalue weighted by molar-refractivity contribution is 0.577. The van der Waals surface area contributed by atoms with Gasteiger partial charge in [0.2, 0.25) is 10.0 Å². The topological polar surface area (TPSA) is 46.2 Å². The van der Waals surface area contributed by atoms with E-state index in [-0.39, 0.29) is 11.4 Å². The number of nitrogens with one attached hydrogen (secondary N) is 1. The van der Waals surface area contributed by atoms with E-state index in [1.165, 1.54) is 18.2 Å². The van der Waals surface area contributed by atoms with Crippen LogP contribution in [-0.4, -0.2) is 8.42 Å². The number of benzene rings is 2. The number of hydrogen-bond acceptors (Lipinski definition) is 2. The Morgan fingerprint density at radius 2 is 1.72 bits per heavy atom. The average molecular weight is 265 g/mol. The lowest BCUT2D eigenvalue weighted by Gasteiger charge is -2.06. The van der Waals surface area contributed by atoms with Gasteiger partial charge in [-0.3, -0.25) is 0 Å². The van der Waals surface area contributed by atoms with Gasteiger partial charge in [0.25, 0.3) is 0 Å². The predicted molar refractivity (Wildman–Crippen MR) is 66.9 cm³/mol. The number of halogens is 1. The molecule has 0 aliphatic heterocycles. The van der Waals surface area contributed by atoms with Crippen molar-refractivity contribution < 1.29 is 12.8 Å². The van der Waals surface area contributed by atoms with E-state index in [2.05, 4.69) is 4.72 Å². The largest absolute Gasteiger partial charge is 0.240 e. The summed E-state index contributed by atoms with van der Waals surface area (Å²) in [5, 5.41) is 0. The first-order chi connectivity index (χ1) is 8.58. The Morgan fingerprint density at radius 1 is 1.00 bits per heavy atom. The van der Waals surface area contributed by atoms with Crippen molar-refractivity contribution in [2.45, 2.75) is 11.4 Å². The standard InChI is InChI=1S/C13H12FNO2S/c14-12-7-4-8-13(9-12)18(16,17)15-10-11-5-2-1-3-6-11/h1-9,15H,10H2. The second-order valence-corrected chi connectivity index (χ2v) is 5.53. The van der Waals surface area contributed by atoms with Crippen LogP contribution >= 0.6 is 0 Å². The summed E-state index contributed by atoms with van der Waals surface area (Å²) in [4.78, 5) is -0.0709. The second-order valence-electron chi connectivity index (χ2n) is 3.77. The van der Waals surface area contributed by atoms with Crippen LogP contribution in [0.3, 0.4) is 0 Å². The fourth-order valence-electron chi connectivity index (χ4n) is 1.49. The zero-order valence-corrected chi connectivity index (χ0v) is 10.3. The van der Waals surface area contributed by atoms with Crippen molar-refractivity contribution in [3.63, 3.8) is 0 Å². The first-order valence-corrected chi connectivity index (χ1v) is 6.85. The molecule has 0 saturated heterocycles. The summed E-state index contributed by atoms with van der Waals surface area (Å²) in [5.74, 6) is -0.572. The zero-order chi connectivity index (χ0) is 13.0. The molecule has 3 nitrogen and oxygen atoms in total. The molecule has 5 heteroatoms. The van der Waals surface area contributed by atoms with Gasteiger partial charge in [-0.25, -0.2) is 17.5 Å². The molecular weight excluding hydrogens is 253 g/mol. The van der Waals surface area contributed by atoms with Crippen LogP contribution in [0.2, 0.25) is 0 Å². The third-order valence-electron chi connectivity index (χ3n) is 2.42. The minimum Gasteiger partial charge on any atom is -0.207 e. The molecule has 2 rings (SSSR count). The average Bonchev–Trinajstić information content (AvgIpc) is 2.38. The van der Waals surface area contributed by atoms with Crippen LogP contribution in [0.1, 0.15) is 5.56 Å². The SMILES string of the molecule is O=S(=O)(NCc1ccccc1)c1cccc(F)c1. The molecule has 0 radical (unpaired) electrons.